The van der Waals surface area contributed by atoms with E-state index in [-0.39, 0.29) is 0 Å². The second-order valence-electron chi connectivity index (χ2n) is 24.1. The van der Waals surface area contributed by atoms with E-state index in [4.69, 9.17) is 31.4 Å². The first-order valence-corrected chi connectivity index (χ1v) is 41.1. The fourth-order valence-electron chi connectivity index (χ4n) is 9.95. The van der Waals surface area contributed by atoms with Crippen LogP contribution in [0.15, 0.2) is 52.3 Å². The number of nitrogen functional groups attached to an aromatic ring is 3. The molecular formula is C57H93N12O9P3S3. The number of thioether (sulfide) groups is 3. The molecule has 0 spiro atoms. The standard InChI is InChI=1S/C20H33N4O3PS.C19H31N4O3PS.C18H29N4O3PS/c1-5-6-7-12-29-20-23-15-13(21)8-10-22-18(15)24(20)19-17(26)16(25)14(27-19)9-11-28(2,3)4;1-5-6-11-28-19-22-14-12(20)7-9-21-17(14)23(19)18-16(25)15(24)13(26-18)8-10-27(2,3)4;1-5-10-27-18-21-13-11(19)6-8-20-16(13)22(18)17-15(24)14(23)12(25-17)7-9-26(2,3)4/h8,10,14,16-17,19,25-26H,2,5-7,9,11-12H2,1,3-4H3,(H2,21,22);7,9,13,15-16,18,24-25H,2,5-6,8,10-11H2,1,3-4H3,(H2,20,21);6,8,12,14-15,17,23-24H,2,5,7,9-10H2,1,3-4H3,(H2,19,20)/t14-,16-,17-,19-;13-,15-,16-,18-;12-,14-,15-,17-/m111/s1. The third-order valence-electron chi connectivity index (χ3n) is 14.7. The largest absolute Gasteiger partial charge is 0.397 e. The molecular weight excluding hydrogens is 1190 g/mol. The van der Waals surface area contributed by atoms with Crippen molar-refractivity contribution < 1.29 is 44.8 Å². The van der Waals surface area contributed by atoms with Crippen LogP contribution in [-0.2, 0) is 14.2 Å². The van der Waals surface area contributed by atoms with E-state index in [0.29, 0.717) is 85.3 Å². The molecule has 6 aromatic heterocycles. The van der Waals surface area contributed by atoms with E-state index in [1.54, 1.807) is 85.8 Å². The van der Waals surface area contributed by atoms with Crippen molar-refractivity contribution in [3.63, 3.8) is 0 Å². The molecule has 0 bridgehead atoms. The normalized spacial score (nSPS) is 25.6. The Balaban J connectivity index is 0.000000181. The minimum Gasteiger partial charge on any atom is -0.397 e. The van der Waals surface area contributed by atoms with Crippen LogP contribution in [0.4, 0.5) is 17.1 Å². The predicted octanol–water partition coefficient (Wildman–Crippen LogP) is 7.87. The fraction of sp³-hybridized carbons (Fsp3) is 0.632. The first kappa shape index (κ1) is 68.3. The predicted molar refractivity (Wildman–Crippen MR) is 357 cm³/mol. The van der Waals surface area contributed by atoms with Crippen LogP contribution in [0.3, 0.4) is 0 Å². The number of aliphatic hydroxyl groups excluding tert-OH is 6. The zero-order valence-electron chi connectivity index (χ0n) is 50.4. The molecule has 84 heavy (non-hydrogen) atoms. The molecule has 27 heteroatoms. The van der Waals surface area contributed by atoms with Crippen LogP contribution in [0, 0.1) is 0 Å². The first-order valence-electron chi connectivity index (χ1n) is 29.0. The lowest BCUT2D eigenvalue weighted by Gasteiger charge is -2.20. The number of ether oxygens (including phenoxy) is 3. The Kier molecular flexibility index (Phi) is 24.3. The van der Waals surface area contributed by atoms with Crippen LogP contribution in [0.25, 0.3) is 33.5 Å². The van der Waals surface area contributed by atoms with Crippen molar-refractivity contribution in [3.05, 3.63) is 36.8 Å². The zero-order valence-corrected chi connectivity index (χ0v) is 55.5. The van der Waals surface area contributed by atoms with Gasteiger partial charge in [0.1, 0.15) is 53.2 Å². The minimum absolute atomic E-state index is 0.437. The number of anilines is 3. The number of nitrogens with two attached hydrogens (primary N) is 3. The summed E-state index contributed by atoms with van der Waals surface area (Å²) >= 11 is 4.77. The van der Waals surface area contributed by atoms with Crippen molar-refractivity contribution in [1.29, 1.82) is 0 Å². The molecule has 0 aromatic carbocycles. The van der Waals surface area contributed by atoms with Gasteiger partial charge in [-0.25, -0.2) is 29.9 Å². The number of fused-ring (bicyclic) bond motifs is 3. The molecule has 21 nitrogen and oxygen atoms in total. The van der Waals surface area contributed by atoms with Gasteiger partial charge >= 0.3 is 0 Å². The molecule has 0 saturated carbocycles. The third-order valence-corrected chi connectivity index (χ3v) is 22.4. The van der Waals surface area contributed by atoms with E-state index in [0.717, 1.165) is 74.3 Å². The van der Waals surface area contributed by atoms with Crippen molar-refractivity contribution in [2.75, 3.05) is 92.9 Å². The summed E-state index contributed by atoms with van der Waals surface area (Å²) in [5, 5.41) is 66.1. The SMILES string of the molecule is C=P(C)(C)CC[C@H]1O[C@@H](n2c(SCCC)nc3c(N)ccnc32)[C@H](O)[C@@H]1O.C=P(C)(C)CC[C@H]1O[C@@H](n2c(SCCCC)nc3c(N)ccnc32)[C@H](O)[C@@H]1O.C=P(C)(C)CC[C@H]1O[C@@H](n2c(SCCCCC)nc3c(N)ccnc32)[C@H](O)[C@@H]1O. The maximum absolute atomic E-state index is 10.8. The van der Waals surface area contributed by atoms with Crippen molar-refractivity contribution >= 4 is 125 Å². The Morgan fingerprint density at radius 2 is 0.750 bits per heavy atom. The molecule has 3 aliphatic rings. The summed E-state index contributed by atoms with van der Waals surface area (Å²) in [6.45, 7) is 15.6. The molecule has 0 unspecified atom stereocenters. The van der Waals surface area contributed by atoms with E-state index in [1.165, 1.54) is 0 Å². The number of aliphatic hydroxyl groups is 6. The molecule has 9 heterocycles. The second-order valence-corrected chi connectivity index (χ2v) is 40.2. The molecule has 3 fully saturated rings. The second kappa shape index (κ2) is 29.9. The summed E-state index contributed by atoms with van der Waals surface area (Å²) in [5.41, 5.74) is 23.4. The number of rotatable bonds is 24. The van der Waals surface area contributed by atoms with Crippen LogP contribution >= 0.6 is 55.9 Å². The number of imidazole rings is 3. The smallest absolute Gasteiger partial charge is 0.172 e. The topological polar surface area (TPSA) is 319 Å². The van der Waals surface area contributed by atoms with Gasteiger partial charge in [-0.15, -0.1) is 39.6 Å². The molecule has 3 aliphatic heterocycles. The lowest BCUT2D eigenvalue weighted by atomic mass is 10.1. The van der Waals surface area contributed by atoms with Gasteiger partial charge in [0, 0.05) is 35.8 Å². The maximum atomic E-state index is 10.8. The Morgan fingerprint density at radius 3 is 1.04 bits per heavy atom. The van der Waals surface area contributed by atoms with Gasteiger partial charge in [0.15, 0.2) is 51.1 Å². The summed E-state index contributed by atoms with van der Waals surface area (Å²) in [6.07, 6.45) is 19.2. The highest BCUT2D eigenvalue weighted by Gasteiger charge is 2.48. The molecule has 9 rings (SSSR count). The molecule has 6 aromatic rings. The van der Waals surface area contributed by atoms with Gasteiger partial charge in [0.05, 0.1) is 35.4 Å². The summed E-state index contributed by atoms with van der Waals surface area (Å²) in [4.78, 5) is 27.3. The number of unbranched alkanes of at least 4 members (excludes halogenated alkanes) is 3. The molecule has 0 aliphatic carbocycles. The highest BCUT2D eigenvalue weighted by atomic mass is 32.2. The van der Waals surface area contributed by atoms with E-state index >= 15 is 0 Å². The van der Waals surface area contributed by atoms with Gasteiger partial charge in [-0.1, -0.05) is 75.3 Å². The molecule has 0 radical (unpaired) electrons. The molecule has 12 atom stereocenters. The van der Waals surface area contributed by atoms with E-state index in [2.05, 4.69) is 110 Å². The Hall–Kier alpha value is -3.15. The van der Waals surface area contributed by atoms with Crippen molar-refractivity contribution in [2.24, 2.45) is 0 Å². The van der Waals surface area contributed by atoms with Gasteiger partial charge in [-0.2, -0.15) is 0 Å². The molecule has 12 N–H and O–H groups in total. The fourth-order valence-corrected chi connectivity index (χ4v) is 15.8. The van der Waals surface area contributed by atoms with Gasteiger partial charge in [-0.3, -0.25) is 13.7 Å². The number of nitrogens with zero attached hydrogens (tertiary/aromatic N) is 9. The number of aromatic nitrogens is 9. The lowest BCUT2D eigenvalue weighted by molar-refractivity contribution is -0.0400. The maximum Gasteiger partial charge on any atom is 0.172 e. The molecule has 0 amide bonds. The van der Waals surface area contributed by atoms with E-state index in [1.807, 2.05) is 0 Å². The van der Waals surface area contributed by atoms with Crippen molar-refractivity contribution in [2.45, 2.75) is 168 Å². The Morgan fingerprint density at radius 1 is 0.452 bits per heavy atom. The highest BCUT2D eigenvalue weighted by Crippen LogP contribution is 2.45. The van der Waals surface area contributed by atoms with Crippen molar-refractivity contribution in [3.8, 4) is 0 Å². The Labute approximate surface area is 508 Å². The zero-order chi connectivity index (χ0) is 61.4. The average molecular weight is 1280 g/mol. The minimum atomic E-state index is -1.25. The first-order chi connectivity index (χ1) is 39.7. The molecule has 468 valence electrons. The number of pyridine rings is 3. The lowest BCUT2D eigenvalue weighted by Crippen LogP contribution is -2.32. The number of hydrogen-bond acceptors (Lipinski definition) is 21. The van der Waals surface area contributed by atoms with E-state index < -0.39 is 94.3 Å². The van der Waals surface area contributed by atoms with Gasteiger partial charge in [0.2, 0.25) is 0 Å². The summed E-state index contributed by atoms with van der Waals surface area (Å²) in [6, 6.07) is 5.14. The molecule has 3 saturated heterocycles. The highest BCUT2D eigenvalue weighted by molar-refractivity contribution is 7.99. The quantitative estimate of drug-likeness (QED) is 0.0158. The monoisotopic (exact) mass is 1280 g/mol. The van der Waals surface area contributed by atoms with E-state index in [9.17, 15) is 30.6 Å². The van der Waals surface area contributed by atoms with Crippen LogP contribution in [0.1, 0.15) is 97.2 Å². The van der Waals surface area contributed by atoms with Gasteiger partial charge < -0.3 is 62.1 Å². The van der Waals surface area contributed by atoms with Crippen LogP contribution in [0.5, 0.6) is 0 Å². The van der Waals surface area contributed by atoms with Crippen LogP contribution in [0.2, 0.25) is 0 Å². The number of hydrogen-bond donors (Lipinski definition) is 9. The van der Waals surface area contributed by atoms with Crippen LogP contribution < -0.4 is 17.2 Å². The average Bonchev–Trinajstić information content (AvgIpc) is 2.62. The summed E-state index contributed by atoms with van der Waals surface area (Å²) in [5.74, 6) is 2.68. The van der Waals surface area contributed by atoms with Gasteiger partial charge in [-0.05, 0) is 115 Å². The summed E-state index contributed by atoms with van der Waals surface area (Å²) in [7, 11) is 0. The third kappa shape index (κ3) is 17.0. The van der Waals surface area contributed by atoms with Crippen LogP contribution in [-0.4, -0.2) is 224 Å². The van der Waals surface area contributed by atoms with Crippen molar-refractivity contribution in [1.82, 2.24) is 43.6 Å². The summed E-state index contributed by atoms with van der Waals surface area (Å²) < 4.78 is 23.8. The van der Waals surface area contributed by atoms with Gasteiger partial charge in [0.25, 0.3) is 0 Å². The Bertz CT molecular complexity index is 3280.